The van der Waals surface area contributed by atoms with Crippen LogP contribution in [0.2, 0.25) is 0 Å². The Morgan fingerprint density at radius 3 is 2.42 bits per heavy atom. The van der Waals surface area contributed by atoms with E-state index in [1.54, 1.807) is 0 Å². The lowest BCUT2D eigenvalue weighted by atomic mass is 10.2. The number of aryl methyl sites for hydroxylation is 2. The van der Waals surface area contributed by atoms with Gasteiger partial charge in [-0.3, -0.25) is 0 Å². The summed E-state index contributed by atoms with van der Waals surface area (Å²) in [4.78, 5) is 2.07. The topological polar surface area (TPSA) is 59.1 Å². The second-order valence-corrected chi connectivity index (χ2v) is 4.73. The summed E-state index contributed by atoms with van der Waals surface area (Å²) < 4.78 is 1.88. The summed E-state index contributed by atoms with van der Waals surface area (Å²) in [6.07, 6.45) is 0. The highest BCUT2D eigenvalue weighted by atomic mass is 15.3. The van der Waals surface area contributed by atoms with Crippen molar-refractivity contribution in [3.8, 4) is 0 Å². The smallest absolute Gasteiger partial charge is 0.152 e. The lowest BCUT2D eigenvalue weighted by Gasteiger charge is -2.14. The third kappa shape index (κ3) is 2.65. The highest BCUT2D eigenvalue weighted by Gasteiger charge is 2.11. The van der Waals surface area contributed by atoms with Crippen molar-refractivity contribution >= 4 is 22.9 Å². The molecule has 2 aromatic rings. The number of hydrogen-bond acceptors (Lipinski definition) is 4. The number of nitrogens with one attached hydrogen (secondary N) is 1. The molecule has 0 aliphatic heterocycles. The van der Waals surface area contributed by atoms with Gasteiger partial charge in [-0.25, -0.2) is 4.68 Å². The van der Waals surface area contributed by atoms with Crippen LogP contribution in [-0.2, 0) is 6.54 Å². The lowest BCUT2D eigenvalue weighted by Crippen LogP contribution is -2.08. The highest BCUT2D eigenvalue weighted by Crippen LogP contribution is 2.26. The van der Waals surface area contributed by atoms with Crippen molar-refractivity contribution in [3.63, 3.8) is 0 Å². The molecule has 5 heteroatoms. The standard InChI is InChI=1S/C14H21N5/c1-5-19-14(13(15)10(2)17-19)16-11-6-8-12(9-7-11)18(3)4/h6-9,16H,5,15H2,1-4H3. The van der Waals surface area contributed by atoms with E-state index in [-0.39, 0.29) is 0 Å². The van der Waals surface area contributed by atoms with Gasteiger partial charge in [-0.05, 0) is 38.1 Å². The molecule has 0 amide bonds. The molecule has 5 nitrogen and oxygen atoms in total. The Hall–Kier alpha value is -2.17. The Morgan fingerprint density at radius 2 is 1.89 bits per heavy atom. The van der Waals surface area contributed by atoms with Crippen LogP contribution in [0.4, 0.5) is 22.9 Å². The molecule has 3 N–H and O–H groups in total. The Kier molecular flexibility index (Phi) is 3.64. The van der Waals surface area contributed by atoms with E-state index in [0.717, 1.165) is 23.7 Å². The van der Waals surface area contributed by atoms with Gasteiger partial charge in [-0.2, -0.15) is 5.10 Å². The minimum Gasteiger partial charge on any atom is -0.394 e. The maximum atomic E-state index is 6.05. The molecule has 1 aromatic carbocycles. The molecule has 19 heavy (non-hydrogen) atoms. The fraction of sp³-hybridized carbons (Fsp3) is 0.357. The fourth-order valence-electron chi connectivity index (χ4n) is 1.94. The molecule has 0 aliphatic rings. The van der Waals surface area contributed by atoms with E-state index in [1.165, 1.54) is 5.69 Å². The molecule has 0 radical (unpaired) electrons. The number of anilines is 4. The van der Waals surface area contributed by atoms with Gasteiger partial charge in [0, 0.05) is 32.0 Å². The lowest BCUT2D eigenvalue weighted by molar-refractivity contribution is 0.661. The SMILES string of the molecule is CCn1nc(C)c(N)c1Nc1ccc(N(C)C)cc1. The van der Waals surface area contributed by atoms with E-state index < -0.39 is 0 Å². The third-order valence-electron chi connectivity index (χ3n) is 3.12. The van der Waals surface area contributed by atoms with E-state index in [4.69, 9.17) is 5.73 Å². The molecule has 0 unspecified atom stereocenters. The van der Waals surface area contributed by atoms with Crippen LogP contribution in [-0.4, -0.2) is 23.9 Å². The van der Waals surface area contributed by atoms with Crippen molar-refractivity contribution in [3.05, 3.63) is 30.0 Å². The molecule has 0 atom stereocenters. The first-order chi connectivity index (χ1) is 9.02. The first kappa shape index (κ1) is 13.3. The van der Waals surface area contributed by atoms with Crippen LogP contribution >= 0.6 is 0 Å². The van der Waals surface area contributed by atoms with E-state index in [9.17, 15) is 0 Å². The van der Waals surface area contributed by atoms with Crippen LogP contribution in [0, 0.1) is 6.92 Å². The number of benzene rings is 1. The van der Waals surface area contributed by atoms with E-state index >= 15 is 0 Å². The molecule has 0 saturated heterocycles. The zero-order chi connectivity index (χ0) is 14.0. The fourth-order valence-corrected chi connectivity index (χ4v) is 1.94. The highest BCUT2D eigenvalue weighted by molar-refractivity contribution is 5.71. The van der Waals surface area contributed by atoms with Crippen LogP contribution < -0.4 is 16.0 Å². The molecule has 0 fully saturated rings. The van der Waals surface area contributed by atoms with Gasteiger partial charge in [0.05, 0.1) is 11.4 Å². The zero-order valence-corrected chi connectivity index (χ0v) is 11.9. The van der Waals surface area contributed by atoms with Gasteiger partial charge in [-0.1, -0.05) is 0 Å². The van der Waals surface area contributed by atoms with Crippen LogP contribution in [0.3, 0.4) is 0 Å². The van der Waals surface area contributed by atoms with Gasteiger partial charge in [0.15, 0.2) is 5.82 Å². The van der Waals surface area contributed by atoms with E-state index in [0.29, 0.717) is 5.69 Å². The summed E-state index contributed by atoms with van der Waals surface area (Å²) in [5.74, 6) is 0.859. The number of nitrogen functional groups attached to an aromatic ring is 1. The molecular formula is C14H21N5. The molecule has 0 spiro atoms. The molecule has 0 aliphatic carbocycles. The second-order valence-electron chi connectivity index (χ2n) is 4.73. The largest absolute Gasteiger partial charge is 0.394 e. The maximum absolute atomic E-state index is 6.05. The summed E-state index contributed by atoms with van der Waals surface area (Å²) in [5, 5.41) is 7.73. The minimum atomic E-state index is 0.707. The molecule has 102 valence electrons. The van der Waals surface area contributed by atoms with Crippen LogP contribution in [0.1, 0.15) is 12.6 Å². The van der Waals surface area contributed by atoms with Crippen LogP contribution in [0.25, 0.3) is 0 Å². The maximum Gasteiger partial charge on any atom is 0.152 e. The van der Waals surface area contributed by atoms with Gasteiger partial charge in [0.25, 0.3) is 0 Å². The van der Waals surface area contributed by atoms with Crippen molar-refractivity contribution in [1.82, 2.24) is 9.78 Å². The van der Waals surface area contributed by atoms with E-state index in [2.05, 4.69) is 27.4 Å². The molecule has 1 aromatic heterocycles. The van der Waals surface area contributed by atoms with Crippen LogP contribution in [0.5, 0.6) is 0 Å². The number of aromatic nitrogens is 2. The number of rotatable bonds is 4. The second kappa shape index (κ2) is 5.22. The van der Waals surface area contributed by atoms with Gasteiger partial charge in [0.2, 0.25) is 0 Å². The van der Waals surface area contributed by atoms with Crippen molar-refractivity contribution in [2.75, 3.05) is 30.0 Å². The monoisotopic (exact) mass is 259 g/mol. The average molecular weight is 259 g/mol. The first-order valence-corrected chi connectivity index (χ1v) is 6.40. The van der Waals surface area contributed by atoms with Crippen molar-refractivity contribution in [2.24, 2.45) is 0 Å². The summed E-state index contributed by atoms with van der Waals surface area (Å²) in [7, 11) is 4.05. The Morgan fingerprint density at radius 1 is 1.26 bits per heavy atom. The normalized spacial score (nSPS) is 10.5. The predicted molar refractivity (Wildman–Crippen MR) is 81.1 cm³/mol. The summed E-state index contributed by atoms with van der Waals surface area (Å²) >= 11 is 0. The minimum absolute atomic E-state index is 0.707. The Bertz CT molecular complexity index is 554. The van der Waals surface area contributed by atoms with Gasteiger partial charge in [0.1, 0.15) is 0 Å². The Labute approximate surface area is 114 Å². The number of nitrogens with two attached hydrogens (primary N) is 1. The number of hydrogen-bond donors (Lipinski definition) is 2. The summed E-state index contributed by atoms with van der Waals surface area (Å²) in [6.45, 7) is 4.75. The molecule has 2 rings (SSSR count). The third-order valence-corrected chi connectivity index (χ3v) is 3.12. The number of nitrogens with zero attached hydrogens (tertiary/aromatic N) is 3. The summed E-state index contributed by atoms with van der Waals surface area (Å²) in [6, 6.07) is 8.21. The van der Waals surface area contributed by atoms with Gasteiger partial charge < -0.3 is 16.0 Å². The average Bonchev–Trinajstić information content (AvgIpc) is 2.67. The first-order valence-electron chi connectivity index (χ1n) is 6.40. The van der Waals surface area contributed by atoms with Gasteiger partial charge >= 0.3 is 0 Å². The molecule has 1 heterocycles. The van der Waals surface area contributed by atoms with Crippen molar-refractivity contribution in [2.45, 2.75) is 20.4 Å². The molecule has 0 saturated carbocycles. The molecule has 0 bridgehead atoms. The predicted octanol–water partition coefficient (Wildman–Crippen LogP) is 2.60. The quantitative estimate of drug-likeness (QED) is 0.886. The van der Waals surface area contributed by atoms with Crippen LogP contribution in [0.15, 0.2) is 24.3 Å². The van der Waals surface area contributed by atoms with E-state index in [1.807, 2.05) is 44.8 Å². The van der Waals surface area contributed by atoms with Crippen molar-refractivity contribution in [1.29, 1.82) is 0 Å². The zero-order valence-electron chi connectivity index (χ0n) is 11.9. The van der Waals surface area contributed by atoms with Crippen molar-refractivity contribution < 1.29 is 0 Å². The van der Waals surface area contributed by atoms with Gasteiger partial charge in [-0.15, -0.1) is 0 Å². The molecular weight excluding hydrogens is 238 g/mol. The summed E-state index contributed by atoms with van der Waals surface area (Å²) in [5.41, 5.74) is 9.79. The Balaban J connectivity index is 2.26.